The normalized spacial score (nSPS) is 18.0. The molecule has 7 heteroatoms. The molecule has 0 spiro atoms. The molecular weight excluding hydrogens is 348 g/mol. The van der Waals surface area contributed by atoms with E-state index in [0.717, 1.165) is 43.3 Å². The highest BCUT2D eigenvalue weighted by molar-refractivity contribution is 5.49. The number of likely N-dealkylation sites (tertiary alicyclic amines) is 1. The minimum atomic E-state index is -0.424. The fourth-order valence-corrected chi connectivity index (χ4v) is 3.62. The van der Waals surface area contributed by atoms with Crippen LogP contribution in [0.3, 0.4) is 0 Å². The molecule has 0 bridgehead atoms. The van der Waals surface area contributed by atoms with E-state index in [1.54, 1.807) is 12.4 Å². The summed E-state index contributed by atoms with van der Waals surface area (Å²) >= 11 is 0. The molecule has 3 heterocycles. The first-order valence-electron chi connectivity index (χ1n) is 9.13. The summed E-state index contributed by atoms with van der Waals surface area (Å²) in [5.41, 5.74) is 1.96. The van der Waals surface area contributed by atoms with Crippen molar-refractivity contribution < 1.29 is 8.78 Å². The second kappa shape index (κ2) is 7.52. The number of hydrogen-bond donors (Lipinski definition) is 1. The number of halogens is 2. The Hall–Kier alpha value is -2.67. The summed E-state index contributed by atoms with van der Waals surface area (Å²) in [6, 6.07) is 5.46. The van der Waals surface area contributed by atoms with Gasteiger partial charge in [0, 0.05) is 30.2 Å². The molecule has 0 saturated carbocycles. The summed E-state index contributed by atoms with van der Waals surface area (Å²) in [4.78, 5) is 18.8. The van der Waals surface area contributed by atoms with Gasteiger partial charge in [-0.3, -0.25) is 4.90 Å². The first-order valence-corrected chi connectivity index (χ1v) is 9.13. The zero-order valence-electron chi connectivity index (χ0n) is 15.1. The number of nitrogens with one attached hydrogen (secondary N) is 1. The van der Waals surface area contributed by atoms with E-state index in [1.165, 1.54) is 12.1 Å². The summed E-state index contributed by atoms with van der Waals surface area (Å²) in [6.07, 6.45) is 6.40. The second-order valence-electron chi connectivity index (χ2n) is 6.91. The maximum absolute atomic E-state index is 14.1. The smallest absolute Gasteiger partial charge is 0.156 e. The van der Waals surface area contributed by atoms with Crippen LogP contribution in [-0.2, 0) is 6.54 Å². The highest BCUT2D eigenvalue weighted by Gasteiger charge is 2.28. The summed E-state index contributed by atoms with van der Waals surface area (Å²) < 4.78 is 27.7. The van der Waals surface area contributed by atoms with E-state index in [9.17, 15) is 8.78 Å². The van der Waals surface area contributed by atoms with Crippen molar-refractivity contribution in [2.45, 2.75) is 38.8 Å². The van der Waals surface area contributed by atoms with Crippen molar-refractivity contribution in [2.75, 3.05) is 6.54 Å². The number of H-pyrrole nitrogens is 1. The van der Waals surface area contributed by atoms with Gasteiger partial charge in [-0.15, -0.1) is 0 Å². The maximum Gasteiger partial charge on any atom is 0.156 e. The molecule has 2 aromatic heterocycles. The largest absolute Gasteiger partial charge is 0.343 e. The fourth-order valence-electron chi connectivity index (χ4n) is 3.62. The Morgan fingerprint density at radius 1 is 1.19 bits per heavy atom. The summed E-state index contributed by atoms with van der Waals surface area (Å²) in [5.74, 6) is 0.590. The molecule has 3 aromatic rings. The van der Waals surface area contributed by atoms with Crippen molar-refractivity contribution in [3.05, 3.63) is 65.4 Å². The Kier molecular flexibility index (Phi) is 4.94. The lowest BCUT2D eigenvalue weighted by molar-refractivity contribution is 0.132. The van der Waals surface area contributed by atoms with Gasteiger partial charge in [0.15, 0.2) is 5.82 Å². The molecule has 1 N–H and O–H groups in total. The molecule has 0 aliphatic carbocycles. The molecule has 1 atom stereocenters. The first-order chi connectivity index (χ1) is 13.1. The lowest BCUT2D eigenvalue weighted by Crippen LogP contribution is -2.34. The number of imidazole rings is 1. The number of benzene rings is 1. The van der Waals surface area contributed by atoms with Crippen LogP contribution in [0.1, 0.15) is 42.4 Å². The maximum atomic E-state index is 14.1. The molecule has 1 fully saturated rings. The van der Waals surface area contributed by atoms with Crippen LogP contribution in [0.5, 0.6) is 0 Å². The number of aromatic nitrogens is 4. The number of aryl methyl sites for hydroxylation is 1. The lowest BCUT2D eigenvalue weighted by Gasteiger charge is -2.35. The van der Waals surface area contributed by atoms with Crippen molar-refractivity contribution in [3.63, 3.8) is 0 Å². The lowest BCUT2D eigenvalue weighted by atomic mass is 10.00. The Morgan fingerprint density at radius 3 is 2.89 bits per heavy atom. The van der Waals surface area contributed by atoms with E-state index in [1.807, 2.05) is 13.0 Å². The zero-order chi connectivity index (χ0) is 18.8. The van der Waals surface area contributed by atoms with Crippen LogP contribution in [0.15, 0.2) is 36.7 Å². The quantitative estimate of drug-likeness (QED) is 0.750. The molecule has 1 unspecified atom stereocenters. The van der Waals surface area contributed by atoms with E-state index >= 15 is 0 Å². The average Bonchev–Trinajstić information content (AvgIpc) is 3.19. The zero-order valence-corrected chi connectivity index (χ0v) is 15.1. The Labute approximate surface area is 156 Å². The summed E-state index contributed by atoms with van der Waals surface area (Å²) in [5, 5.41) is 0. The van der Waals surface area contributed by atoms with Crippen LogP contribution >= 0.6 is 0 Å². The van der Waals surface area contributed by atoms with Gasteiger partial charge in [-0.05, 0) is 50.6 Å². The molecule has 27 heavy (non-hydrogen) atoms. The predicted octanol–water partition coefficient (Wildman–Crippen LogP) is 4.18. The third-order valence-corrected chi connectivity index (χ3v) is 4.91. The number of hydrogen-bond acceptors (Lipinski definition) is 4. The van der Waals surface area contributed by atoms with Crippen LogP contribution < -0.4 is 0 Å². The molecule has 1 aliphatic heterocycles. The number of aromatic amines is 1. The van der Waals surface area contributed by atoms with Crippen molar-refractivity contribution in [3.8, 4) is 11.5 Å². The van der Waals surface area contributed by atoms with E-state index in [2.05, 4.69) is 19.9 Å². The molecule has 0 radical (unpaired) electrons. The van der Waals surface area contributed by atoms with Crippen molar-refractivity contribution in [2.24, 2.45) is 0 Å². The number of nitrogens with zero attached hydrogens (tertiary/aromatic N) is 4. The SMILES string of the molecule is Cc1cc(-c2ncc[nH]2)nc(C2CCCCN2Cc2cc(F)ccc2F)n1. The fraction of sp³-hybridized carbons (Fsp3) is 0.350. The van der Waals surface area contributed by atoms with Gasteiger partial charge in [0.2, 0.25) is 0 Å². The number of piperidine rings is 1. The second-order valence-corrected chi connectivity index (χ2v) is 6.91. The van der Waals surface area contributed by atoms with Gasteiger partial charge in [-0.2, -0.15) is 0 Å². The summed E-state index contributed by atoms with van der Waals surface area (Å²) in [6.45, 7) is 3.06. The van der Waals surface area contributed by atoms with Gasteiger partial charge < -0.3 is 4.98 Å². The third kappa shape index (κ3) is 3.88. The standard InChI is InChI=1S/C20H21F2N5/c1-13-10-17(19-23-7-8-24-19)26-20(25-13)18-4-2-3-9-27(18)12-14-11-15(21)5-6-16(14)22/h5-8,10-11,18H,2-4,9,12H2,1H3,(H,23,24). The molecule has 1 saturated heterocycles. The van der Waals surface area contributed by atoms with Crippen LogP contribution in [0.2, 0.25) is 0 Å². The first kappa shape index (κ1) is 17.7. The van der Waals surface area contributed by atoms with E-state index in [4.69, 9.17) is 4.98 Å². The van der Waals surface area contributed by atoms with Crippen LogP contribution in [-0.4, -0.2) is 31.4 Å². The third-order valence-electron chi connectivity index (χ3n) is 4.91. The molecule has 1 aromatic carbocycles. The molecule has 5 nitrogen and oxygen atoms in total. The highest BCUT2D eigenvalue weighted by atomic mass is 19.1. The molecule has 140 valence electrons. The van der Waals surface area contributed by atoms with Gasteiger partial charge in [-0.1, -0.05) is 6.42 Å². The van der Waals surface area contributed by atoms with Crippen LogP contribution in [0.25, 0.3) is 11.5 Å². The summed E-state index contributed by atoms with van der Waals surface area (Å²) in [7, 11) is 0. The van der Waals surface area contributed by atoms with E-state index < -0.39 is 5.82 Å². The van der Waals surface area contributed by atoms with E-state index in [0.29, 0.717) is 23.8 Å². The molecule has 0 amide bonds. The van der Waals surface area contributed by atoms with Crippen molar-refractivity contribution in [1.82, 2.24) is 24.8 Å². The van der Waals surface area contributed by atoms with Gasteiger partial charge in [0.25, 0.3) is 0 Å². The molecule has 1 aliphatic rings. The molecular formula is C20H21F2N5. The van der Waals surface area contributed by atoms with Crippen LogP contribution in [0.4, 0.5) is 8.78 Å². The Morgan fingerprint density at radius 2 is 2.07 bits per heavy atom. The minimum Gasteiger partial charge on any atom is -0.343 e. The highest BCUT2D eigenvalue weighted by Crippen LogP contribution is 2.31. The van der Waals surface area contributed by atoms with Crippen LogP contribution in [0, 0.1) is 18.6 Å². The van der Waals surface area contributed by atoms with Gasteiger partial charge in [0.05, 0.1) is 6.04 Å². The minimum absolute atomic E-state index is 0.0324. The molecule has 4 rings (SSSR count). The number of rotatable bonds is 4. The average molecular weight is 369 g/mol. The topological polar surface area (TPSA) is 57.7 Å². The Balaban J connectivity index is 1.65. The monoisotopic (exact) mass is 369 g/mol. The predicted molar refractivity (Wildman–Crippen MR) is 97.7 cm³/mol. The Bertz CT molecular complexity index is 926. The van der Waals surface area contributed by atoms with Crippen molar-refractivity contribution >= 4 is 0 Å². The van der Waals surface area contributed by atoms with E-state index in [-0.39, 0.29) is 11.9 Å². The van der Waals surface area contributed by atoms with Gasteiger partial charge >= 0.3 is 0 Å². The van der Waals surface area contributed by atoms with Crippen molar-refractivity contribution in [1.29, 1.82) is 0 Å². The van der Waals surface area contributed by atoms with Gasteiger partial charge in [-0.25, -0.2) is 23.7 Å². The van der Waals surface area contributed by atoms with Gasteiger partial charge in [0.1, 0.15) is 23.2 Å².